The fraction of sp³-hybridized carbons (Fsp3) is 0.257. The number of hydrogen-bond acceptors (Lipinski definition) is 6. The molecule has 1 N–H and O–H groups in total. The number of benzene rings is 3. The van der Waals surface area contributed by atoms with Crippen LogP contribution in [0.25, 0.3) is 12.2 Å². The molecular formula is C35H38O6. The van der Waals surface area contributed by atoms with Gasteiger partial charge in [-0.25, -0.2) is 0 Å². The van der Waals surface area contributed by atoms with Crippen molar-refractivity contribution < 1.29 is 28.9 Å². The van der Waals surface area contributed by atoms with Gasteiger partial charge in [0, 0.05) is 6.08 Å². The number of esters is 1. The lowest BCUT2D eigenvalue weighted by molar-refractivity contribution is -0.135. The van der Waals surface area contributed by atoms with Gasteiger partial charge in [0.25, 0.3) is 0 Å². The van der Waals surface area contributed by atoms with Crippen LogP contribution in [0.4, 0.5) is 0 Å². The summed E-state index contributed by atoms with van der Waals surface area (Å²) in [4.78, 5) is 25.2. The third-order valence-electron chi connectivity index (χ3n) is 6.48. The van der Waals surface area contributed by atoms with E-state index in [4.69, 9.17) is 14.2 Å². The van der Waals surface area contributed by atoms with Crippen LogP contribution in [0.3, 0.4) is 0 Å². The minimum absolute atomic E-state index is 0.178. The Morgan fingerprint density at radius 2 is 1.41 bits per heavy atom. The molecule has 3 aromatic carbocycles. The fourth-order valence-electron chi connectivity index (χ4n) is 4.16. The Hall–Kier alpha value is -4.58. The SMILES string of the molecule is COc1cc(/C=C/C(O)=C/C(=O)/C=C/c2ccc(OC(=O)[C@@H](C)c3ccc(CC(C)C)cc3)c(OC)c2)ccc1C. The minimum atomic E-state index is -0.452. The molecule has 214 valence electrons. The Balaban J connectivity index is 1.63. The molecule has 0 aromatic heterocycles. The Morgan fingerprint density at radius 3 is 2.05 bits per heavy atom. The van der Waals surface area contributed by atoms with Gasteiger partial charge in [-0.1, -0.05) is 68.5 Å². The first-order valence-corrected chi connectivity index (χ1v) is 13.5. The Labute approximate surface area is 242 Å². The fourth-order valence-corrected chi connectivity index (χ4v) is 4.16. The van der Waals surface area contributed by atoms with Crippen LogP contribution < -0.4 is 14.2 Å². The maximum atomic E-state index is 12.9. The molecule has 6 heteroatoms. The van der Waals surface area contributed by atoms with E-state index >= 15 is 0 Å². The minimum Gasteiger partial charge on any atom is -0.508 e. The Morgan fingerprint density at radius 1 is 0.805 bits per heavy atom. The number of ether oxygens (including phenoxy) is 3. The van der Waals surface area contributed by atoms with Gasteiger partial charge < -0.3 is 19.3 Å². The quantitative estimate of drug-likeness (QED) is 0.0814. The summed E-state index contributed by atoms with van der Waals surface area (Å²) in [6, 6.07) is 18.7. The summed E-state index contributed by atoms with van der Waals surface area (Å²) in [5, 5.41) is 10.2. The maximum absolute atomic E-state index is 12.9. The number of aliphatic hydroxyl groups excluding tert-OH is 1. The van der Waals surface area contributed by atoms with E-state index in [1.165, 1.54) is 24.8 Å². The van der Waals surface area contributed by atoms with Gasteiger partial charge in [-0.2, -0.15) is 0 Å². The van der Waals surface area contributed by atoms with Crippen LogP contribution in [0.15, 0.2) is 84.7 Å². The van der Waals surface area contributed by atoms with Gasteiger partial charge in [-0.3, -0.25) is 9.59 Å². The van der Waals surface area contributed by atoms with Crippen molar-refractivity contribution >= 4 is 23.9 Å². The van der Waals surface area contributed by atoms with Crippen LogP contribution in [0.5, 0.6) is 17.2 Å². The van der Waals surface area contributed by atoms with E-state index in [9.17, 15) is 14.7 Å². The largest absolute Gasteiger partial charge is 0.508 e. The average Bonchev–Trinajstić information content (AvgIpc) is 2.95. The molecule has 0 aliphatic carbocycles. The number of hydrogen-bond donors (Lipinski definition) is 1. The van der Waals surface area contributed by atoms with Crippen LogP contribution in [0.1, 0.15) is 54.5 Å². The molecule has 0 heterocycles. The molecule has 41 heavy (non-hydrogen) atoms. The molecule has 0 saturated carbocycles. The summed E-state index contributed by atoms with van der Waals surface area (Å²) in [5.74, 6) is 0.545. The first kappa shape index (κ1) is 31.0. The highest BCUT2D eigenvalue weighted by Gasteiger charge is 2.19. The summed E-state index contributed by atoms with van der Waals surface area (Å²) in [7, 11) is 3.09. The molecule has 0 saturated heterocycles. The van der Waals surface area contributed by atoms with Crippen molar-refractivity contribution in [2.45, 2.75) is 40.0 Å². The number of allylic oxidation sites excluding steroid dienone is 3. The van der Waals surface area contributed by atoms with Gasteiger partial charge in [0.2, 0.25) is 0 Å². The average molecular weight is 555 g/mol. The van der Waals surface area contributed by atoms with Crippen molar-refractivity contribution in [1.29, 1.82) is 0 Å². The van der Waals surface area contributed by atoms with E-state index in [0.717, 1.165) is 34.9 Å². The third kappa shape index (κ3) is 9.24. The summed E-state index contributed by atoms with van der Waals surface area (Å²) in [5.41, 5.74) is 4.61. The molecule has 0 unspecified atom stereocenters. The molecular weight excluding hydrogens is 516 g/mol. The van der Waals surface area contributed by atoms with E-state index < -0.39 is 17.7 Å². The Bertz CT molecular complexity index is 1440. The predicted octanol–water partition coefficient (Wildman–Crippen LogP) is 7.66. The van der Waals surface area contributed by atoms with Gasteiger partial charge >= 0.3 is 5.97 Å². The third-order valence-corrected chi connectivity index (χ3v) is 6.48. The van der Waals surface area contributed by atoms with E-state index in [0.29, 0.717) is 23.0 Å². The summed E-state index contributed by atoms with van der Waals surface area (Å²) in [6.45, 7) is 8.10. The van der Waals surface area contributed by atoms with Crippen LogP contribution in [-0.2, 0) is 16.0 Å². The first-order valence-electron chi connectivity index (χ1n) is 13.5. The monoisotopic (exact) mass is 554 g/mol. The molecule has 6 nitrogen and oxygen atoms in total. The van der Waals surface area contributed by atoms with Crippen LogP contribution in [0.2, 0.25) is 0 Å². The van der Waals surface area contributed by atoms with E-state index in [1.54, 1.807) is 37.5 Å². The lowest BCUT2D eigenvalue weighted by Gasteiger charge is -2.15. The van der Waals surface area contributed by atoms with Crippen molar-refractivity contribution in [3.8, 4) is 17.2 Å². The van der Waals surface area contributed by atoms with Crippen molar-refractivity contribution in [2.75, 3.05) is 14.2 Å². The van der Waals surface area contributed by atoms with E-state index in [2.05, 4.69) is 26.0 Å². The molecule has 0 radical (unpaired) electrons. The molecule has 3 rings (SSSR count). The lowest BCUT2D eigenvalue weighted by atomic mass is 9.97. The smallest absolute Gasteiger partial charge is 0.318 e. The van der Waals surface area contributed by atoms with Crippen LogP contribution in [-0.4, -0.2) is 31.1 Å². The molecule has 0 aliphatic rings. The zero-order chi connectivity index (χ0) is 29.9. The molecule has 0 fully saturated rings. The number of carbonyl (C=O) groups excluding carboxylic acids is 2. The molecule has 1 atom stereocenters. The van der Waals surface area contributed by atoms with Crippen LogP contribution in [0, 0.1) is 12.8 Å². The number of aliphatic hydroxyl groups is 1. The van der Waals surface area contributed by atoms with Crippen molar-refractivity contribution in [3.05, 3.63) is 112 Å². The van der Waals surface area contributed by atoms with Gasteiger partial charge in [0.15, 0.2) is 17.3 Å². The van der Waals surface area contributed by atoms with Crippen molar-refractivity contribution in [2.24, 2.45) is 5.92 Å². The highest BCUT2D eigenvalue weighted by Crippen LogP contribution is 2.30. The molecule has 0 bridgehead atoms. The van der Waals surface area contributed by atoms with E-state index in [1.807, 2.05) is 44.2 Å². The number of rotatable bonds is 12. The topological polar surface area (TPSA) is 82.1 Å². The lowest BCUT2D eigenvalue weighted by Crippen LogP contribution is -2.16. The molecule has 0 aliphatic heterocycles. The first-order chi connectivity index (χ1) is 19.6. The van der Waals surface area contributed by atoms with Gasteiger partial charge in [-0.15, -0.1) is 0 Å². The standard InChI is InChI=1S/C35H38O6/c1-23(2)19-26-9-14-29(15-10-26)25(4)35(38)41-32-18-13-28(21-34(32)40-6)12-17-31(37)22-30(36)16-11-27-8-7-24(3)33(20-27)39-5/h7-18,20-23,25,36H,19H2,1-6H3/b16-11+,17-12+,30-22-/t25-/m0/s1. The number of methoxy groups -OCH3 is 2. The predicted molar refractivity (Wildman–Crippen MR) is 164 cm³/mol. The molecule has 0 amide bonds. The normalized spacial score (nSPS) is 12.6. The van der Waals surface area contributed by atoms with Gasteiger partial charge in [0.1, 0.15) is 11.5 Å². The highest BCUT2D eigenvalue weighted by atomic mass is 16.6. The summed E-state index contributed by atoms with van der Waals surface area (Å²) < 4.78 is 16.4. The van der Waals surface area contributed by atoms with Crippen LogP contribution >= 0.6 is 0 Å². The number of carbonyl (C=O) groups is 2. The summed E-state index contributed by atoms with van der Waals surface area (Å²) in [6.07, 6.45) is 8.19. The molecule has 0 spiro atoms. The van der Waals surface area contributed by atoms with Crippen molar-refractivity contribution in [1.82, 2.24) is 0 Å². The van der Waals surface area contributed by atoms with Crippen molar-refractivity contribution in [3.63, 3.8) is 0 Å². The zero-order valence-corrected chi connectivity index (χ0v) is 24.5. The maximum Gasteiger partial charge on any atom is 0.318 e. The van der Waals surface area contributed by atoms with E-state index in [-0.39, 0.29) is 5.76 Å². The highest BCUT2D eigenvalue weighted by molar-refractivity contribution is 6.02. The second-order valence-electron chi connectivity index (χ2n) is 10.3. The molecule has 3 aromatic rings. The summed E-state index contributed by atoms with van der Waals surface area (Å²) >= 11 is 0. The van der Waals surface area contributed by atoms with Gasteiger partial charge in [0.05, 0.1) is 20.1 Å². The number of aryl methyl sites for hydroxylation is 1. The number of ketones is 1. The second kappa shape index (κ2) is 14.7. The van der Waals surface area contributed by atoms with Gasteiger partial charge in [-0.05, 0) is 84.4 Å². The zero-order valence-electron chi connectivity index (χ0n) is 24.5. The Kier molecular flexibility index (Phi) is 11.1. The second-order valence-corrected chi connectivity index (χ2v) is 10.3.